The van der Waals surface area contributed by atoms with Gasteiger partial charge in [0.05, 0.1) is 19.9 Å². The maximum Gasteiger partial charge on any atom is 0.138 e. The number of hydrogen-bond donors (Lipinski definition) is 0. The van der Waals surface area contributed by atoms with Gasteiger partial charge in [0.15, 0.2) is 0 Å². The summed E-state index contributed by atoms with van der Waals surface area (Å²) < 4.78 is 2.62. The Morgan fingerprint density at radius 3 is 3.00 bits per heavy atom. The standard InChI is InChI=1S/C7H4N2S3/c1-3-9-7-5(11-3)4-6(12-7)8-2-10-4/h2H,1H3. The number of thiophene rings is 1. The first kappa shape index (κ1) is 6.94. The van der Waals surface area contributed by atoms with Crippen LogP contribution in [-0.2, 0) is 0 Å². The Balaban J connectivity index is 2.64. The van der Waals surface area contributed by atoms with Crippen molar-refractivity contribution in [3.05, 3.63) is 10.5 Å². The Hall–Kier alpha value is -0.520. The van der Waals surface area contributed by atoms with Gasteiger partial charge in [-0.25, -0.2) is 9.97 Å². The lowest BCUT2D eigenvalue weighted by atomic mass is 10.6. The molecule has 3 rings (SSSR count). The molecule has 3 aromatic rings. The molecule has 60 valence electrons. The fourth-order valence-electron chi connectivity index (χ4n) is 1.17. The Bertz CT molecular complexity index is 545. The monoisotopic (exact) mass is 212 g/mol. The van der Waals surface area contributed by atoms with Gasteiger partial charge in [0.25, 0.3) is 0 Å². The Labute approximate surface area is 80.5 Å². The fraction of sp³-hybridized carbons (Fsp3) is 0.143. The normalized spacial score (nSPS) is 11.8. The number of hydrogen-bond acceptors (Lipinski definition) is 5. The van der Waals surface area contributed by atoms with Gasteiger partial charge in [-0.05, 0) is 6.92 Å². The van der Waals surface area contributed by atoms with Crippen LogP contribution in [0.15, 0.2) is 5.51 Å². The summed E-state index contributed by atoms with van der Waals surface area (Å²) in [7, 11) is 0. The summed E-state index contributed by atoms with van der Waals surface area (Å²) in [6, 6.07) is 0. The van der Waals surface area contributed by atoms with E-state index < -0.39 is 0 Å². The highest BCUT2D eigenvalue weighted by Gasteiger charge is 2.10. The van der Waals surface area contributed by atoms with Crippen molar-refractivity contribution in [3.63, 3.8) is 0 Å². The summed E-state index contributed by atoms with van der Waals surface area (Å²) in [4.78, 5) is 11.0. The van der Waals surface area contributed by atoms with Crippen LogP contribution in [0.1, 0.15) is 5.01 Å². The lowest BCUT2D eigenvalue weighted by Gasteiger charge is -1.72. The molecule has 0 aliphatic rings. The molecule has 0 saturated carbocycles. The zero-order chi connectivity index (χ0) is 8.13. The van der Waals surface area contributed by atoms with Crippen molar-refractivity contribution in [2.75, 3.05) is 0 Å². The molecule has 0 aromatic carbocycles. The van der Waals surface area contributed by atoms with Crippen LogP contribution in [0.25, 0.3) is 19.1 Å². The summed E-state index contributed by atoms with van der Waals surface area (Å²) in [5.41, 5.74) is 1.90. The minimum absolute atomic E-state index is 1.13. The van der Waals surface area contributed by atoms with Gasteiger partial charge in [-0.2, -0.15) is 0 Å². The average Bonchev–Trinajstić information content (AvgIpc) is 2.59. The maximum atomic E-state index is 4.43. The van der Waals surface area contributed by atoms with Crippen molar-refractivity contribution in [2.45, 2.75) is 6.92 Å². The van der Waals surface area contributed by atoms with Crippen LogP contribution in [0, 0.1) is 6.92 Å². The molecule has 0 spiro atoms. The Kier molecular flexibility index (Phi) is 1.30. The van der Waals surface area contributed by atoms with Crippen LogP contribution in [0.5, 0.6) is 0 Å². The molecule has 0 atom stereocenters. The van der Waals surface area contributed by atoms with Crippen LogP contribution in [0.2, 0.25) is 0 Å². The largest absolute Gasteiger partial charge is 0.234 e. The fourth-order valence-corrected chi connectivity index (χ4v) is 4.45. The quantitative estimate of drug-likeness (QED) is 0.571. The molecule has 5 heteroatoms. The van der Waals surface area contributed by atoms with Crippen molar-refractivity contribution < 1.29 is 0 Å². The molecule has 0 aliphatic carbocycles. The maximum absolute atomic E-state index is 4.43. The molecular formula is C7H4N2S3. The van der Waals surface area contributed by atoms with Crippen molar-refractivity contribution in [1.29, 1.82) is 0 Å². The van der Waals surface area contributed by atoms with Gasteiger partial charge in [-0.15, -0.1) is 22.7 Å². The molecule has 3 heterocycles. The van der Waals surface area contributed by atoms with Crippen molar-refractivity contribution in [1.82, 2.24) is 9.97 Å². The Morgan fingerprint density at radius 2 is 2.08 bits per heavy atom. The highest BCUT2D eigenvalue weighted by atomic mass is 32.1. The first-order chi connectivity index (χ1) is 5.84. The van der Waals surface area contributed by atoms with E-state index in [-0.39, 0.29) is 0 Å². The van der Waals surface area contributed by atoms with Crippen LogP contribution in [0.4, 0.5) is 0 Å². The molecule has 0 saturated heterocycles. The second-order valence-corrected chi connectivity index (χ2v) is 5.49. The van der Waals surface area contributed by atoms with E-state index in [9.17, 15) is 0 Å². The molecule has 0 bridgehead atoms. The average molecular weight is 212 g/mol. The van der Waals surface area contributed by atoms with E-state index in [1.54, 1.807) is 34.0 Å². The summed E-state index contributed by atoms with van der Waals surface area (Å²) in [6.45, 7) is 2.05. The summed E-state index contributed by atoms with van der Waals surface area (Å²) >= 11 is 5.16. The minimum atomic E-state index is 1.13. The summed E-state index contributed by atoms with van der Waals surface area (Å²) in [5, 5.41) is 1.14. The number of nitrogens with zero attached hydrogens (tertiary/aromatic N) is 2. The van der Waals surface area contributed by atoms with Gasteiger partial charge in [-0.3, -0.25) is 0 Å². The third-order valence-corrected chi connectivity index (χ3v) is 4.85. The lowest BCUT2D eigenvalue weighted by molar-refractivity contribution is 1.36. The van der Waals surface area contributed by atoms with E-state index in [4.69, 9.17) is 0 Å². The van der Waals surface area contributed by atoms with E-state index in [0.29, 0.717) is 0 Å². The predicted octanol–water partition coefficient (Wildman–Crippen LogP) is 3.28. The first-order valence-corrected chi connectivity index (χ1v) is 5.95. The smallest absolute Gasteiger partial charge is 0.138 e. The van der Waals surface area contributed by atoms with Gasteiger partial charge in [0.1, 0.15) is 9.66 Å². The minimum Gasteiger partial charge on any atom is -0.234 e. The predicted molar refractivity (Wildman–Crippen MR) is 55.4 cm³/mol. The van der Waals surface area contributed by atoms with Crippen molar-refractivity contribution in [3.8, 4) is 0 Å². The van der Waals surface area contributed by atoms with E-state index in [1.165, 1.54) is 9.40 Å². The van der Waals surface area contributed by atoms with Crippen molar-refractivity contribution in [2.24, 2.45) is 0 Å². The second kappa shape index (κ2) is 2.25. The van der Waals surface area contributed by atoms with Crippen LogP contribution in [0.3, 0.4) is 0 Å². The number of aromatic nitrogens is 2. The van der Waals surface area contributed by atoms with E-state index in [0.717, 1.165) is 14.7 Å². The summed E-state index contributed by atoms with van der Waals surface area (Å²) in [6.07, 6.45) is 0. The third kappa shape index (κ3) is 0.784. The first-order valence-electron chi connectivity index (χ1n) is 3.44. The molecule has 2 nitrogen and oxygen atoms in total. The molecule has 0 N–H and O–H groups in total. The van der Waals surface area contributed by atoms with Crippen LogP contribution < -0.4 is 0 Å². The molecular weight excluding hydrogens is 208 g/mol. The van der Waals surface area contributed by atoms with Gasteiger partial charge >= 0.3 is 0 Å². The zero-order valence-corrected chi connectivity index (χ0v) is 8.65. The highest BCUT2D eigenvalue weighted by molar-refractivity contribution is 7.37. The van der Waals surface area contributed by atoms with Gasteiger partial charge in [0, 0.05) is 0 Å². The number of rotatable bonds is 0. The lowest BCUT2D eigenvalue weighted by Crippen LogP contribution is -1.60. The van der Waals surface area contributed by atoms with E-state index >= 15 is 0 Å². The van der Waals surface area contributed by atoms with E-state index in [1.807, 2.05) is 12.4 Å². The number of fused-ring (bicyclic) bond motifs is 3. The van der Waals surface area contributed by atoms with Gasteiger partial charge in [0.2, 0.25) is 0 Å². The molecule has 0 fully saturated rings. The molecule has 0 unspecified atom stereocenters. The topological polar surface area (TPSA) is 25.8 Å². The number of aryl methyl sites for hydroxylation is 1. The van der Waals surface area contributed by atoms with E-state index in [2.05, 4.69) is 9.97 Å². The third-order valence-electron chi connectivity index (χ3n) is 1.64. The highest BCUT2D eigenvalue weighted by Crippen LogP contribution is 2.38. The number of thiazole rings is 2. The van der Waals surface area contributed by atoms with Crippen LogP contribution >= 0.6 is 34.0 Å². The van der Waals surface area contributed by atoms with Crippen molar-refractivity contribution >= 4 is 53.1 Å². The second-order valence-electron chi connectivity index (χ2n) is 2.46. The molecule has 0 radical (unpaired) electrons. The summed E-state index contributed by atoms with van der Waals surface area (Å²) in [5.74, 6) is 0. The van der Waals surface area contributed by atoms with Gasteiger partial charge < -0.3 is 0 Å². The molecule has 0 aliphatic heterocycles. The van der Waals surface area contributed by atoms with Gasteiger partial charge in [-0.1, -0.05) is 11.3 Å². The molecule has 0 amide bonds. The SMILES string of the molecule is Cc1nc2sc3ncsc3c2s1. The zero-order valence-electron chi connectivity index (χ0n) is 6.20. The Morgan fingerprint density at radius 1 is 1.17 bits per heavy atom. The van der Waals surface area contributed by atoms with Crippen LogP contribution in [-0.4, -0.2) is 9.97 Å². The molecule has 12 heavy (non-hydrogen) atoms. The molecule has 3 aromatic heterocycles.